The lowest BCUT2D eigenvalue weighted by atomic mass is 10.1. The third kappa shape index (κ3) is 6.67. The number of nitrogens with zero attached hydrogens (tertiary/aromatic N) is 1. The highest BCUT2D eigenvalue weighted by molar-refractivity contribution is 5.78. The van der Waals surface area contributed by atoms with Crippen molar-refractivity contribution < 1.29 is 4.79 Å². The van der Waals surface area contributed by atoms with Gasteiger partial charge in [-0.3, -0.25) is 4.79 Å². The highest BCUT2D eigenvalue weighted by Gasteiger charge is 2.15. The van der Waals surface area contributed by atoms with E-state index in [0.29, 0.717) is 12.1 Å². The van der Waals surface area contributed by atoms with Gasteiger partial charge in [0.1, 0.15) is 0 Å². The van der Waals surface area contributed by atoms with Crippen molar-refractivity contribution in [1.29, 1.82) is 0 Å². The molecule has 1 N–H and O–H groups in total. The van der Waals surface area contributed by atoms with E-state index in [9.17, 15) is 4.79 Å². The third-order valence-electron chi connectivity index (χ3n) is 3.44. The predicted octanol–water partition coefficient (Wildman–Crippen LogP) is 2.66. The Bertz CT molecular complexity index is 226. The minimum Gasteiger partial charge on any atom is -0.353 e. The summed E-state index contributed by atoms with van der Waals surface area (Å²) in [5, 5.41) is 3.05. The molecule has 0 aliphatic heterocycles. The van der Waals surface area contributed by atoms with Crippen molar-refractivity contribution >= 4 is 5.91 Å². The maximum Gasteiger partial charge on any atom is 0.222 e. The SMILES string of the molecule is CC(CCC(C)N(C)C(C)C)NC(=O)C(C)C. The maximum atomic E-state index is 11.5. The Balaban J connectivity index is 3.91. The first kappa shape index (κ1) is 16.4. The average molecular weight is 242 g/mol. The van der Waals surface area contributed by atoms with E-state index in [4.69, 9.17) is 0 Å². The summed E-state index contributed by atoms with van der Waals surface area (Å²) >= 11 is 0. The summed E-state index contributed by atoms with van der Waals surface area (Å²) in [4.78, 5) is 13.9. The molecule has 17 heavy (non-hydrogen) atoms. The van der Waals surface area contributed by atoms with Gasteiger partial charge in [0.15, 0.2) is 0 Å². The number of amides is 1. The van der Waals surface area contributed by atoms with Gasteiger partial charge >= 0.3 is 0 Å². The molecule has 3 nitrogen and oxygen atoms in total. The first-order valence-electron chi connectivity index (χ1n) is 6.78. The van der Waals surface area contributed by atoms with Crippen LogP contribution >= 0.6 is 0 Å². The van der Waals surface area contributed by atoms with Crippen LogP contribution in [0.15, 0.2) is 0 Å². The quantitative estimate of drug-likeness (QED) is 0.744. The normalized spacial score (nSPS) is 15.4. The molecule has 0 rings (SSSR count). The Kier molecular flexibility index (Phi) is 7.44. The van der Waals surface area contributed by atoms with Crippen LogP contribution in [0.25, 0.3) is 0 Å². The van der Waals surface area contributed by atoms with E-state index in [1.165, 1.54) is 0 Å². The molecule has 0 saturated carbocycles. The second-order valence-electron chi connectivity index (χ2n) is 5.75. The first-order chi connectivity index (χ1) is 7.75. The number of carbonyl (C=O) groups is 1. The Morgan fingerprint density at radius 2 is 1.59 bits per heavy atom. The number of hydrogen-bond donors (Lipinski definition) is 1. The van der Waals surface area contributed by atoms with E-state index >= 15 is 0 Å². The van der Waals surface area contributed by atoms with Crippen LogP contribution in [0.1, 0.15) is 54.4 Å². The van der Waals surface area contributed by atoms with Crippen molar-refractivity contribution in [3.8, 4) is 0 Å². The number of nitrogens with one attached hydrogen (secondary N) is 1. The lowest BCUT2D eigenvalue weighted by molar-refractivity contribution is -0.124. The standard InChI is InChI=1S/C14H30N2O/c1-10(2)14(17)15-12(5)8-9-13(6)16(7)11(3)4/h10-13H,8-9H2,1-7H3,(H,15,17). The molecule has 3 heteroatoms. The zero-order chi connectivity index (χ0) is 13.6. The van der Waals surface area contributed by atoms with Crippen molar-refractivity contribution in [2.75, 3.05) is 7.05 Å². The second-order valence-corrected chi connectivity index (χ2v) is 5.75. The van der Waals surface area contributed by atoms with Gasteiger partial charge in [-0.25, -0.2) is 0 Å². The minimum atomic E-state index is 0.0770. The summed E-state index contributed by atoms with van der Waals surface area (Å²) in [5.74, 6) is 0.232. The number of carbonyl (C=O) groups excluding carboxylic acids is 1. The van der Waals surface area contributed by atoms with Crippen molar-refractivity contribution in [3.63, 3.8) is 0 Å². The molecule has 0 heterocycles. The maximum absolute atomic E-state index is 11.5. The summed E-state index contributed by atoms with van der Waals surface area (Å²) in [6, 6.07) is 1.41. The molecule has 0 aliphatic carbocycles. The molecule has 0 spiro atoms. The molecule has 102 valence electrons. The largest absolute Gasteiger partial charge is 0.353 e. The van der Waals surface area contributed by atoms with Crippen LogP contribution in [0.2, 0.25) is 0 Å². The van der Waals surface area contributed by atoms with Gasteiger partial charge in [0.2, 0.25) is 5.91 Å². The van der Waals surface area contributed by atoms with E-state index in [0.717, 1.165) is 12.8 Å². The molecule has 2 atom stereocenters. The molecule has 0 saturated heterocycles. The highest BCUT2D eigenvalue weighted by atomic mass is 16.1. The van der Waals surface area contributed by atoms with Crippen LogP contribution in [-0.2, 0) is 4.79 Å². The molecular formula is C14H30N2O. The zero-order valence-corrected chi connectivity index (χ0v) is 12.6. The van der Waals surface area contributed by atoms with E-state index in [1.807, 2.05) is 13.8 Å². The number of hydrogen-bond acceptors (Lipinski definition) is 2. The van der Waals surface area contributed by atoms with Crippen molar-refractivity contribution in [1.82, 2.24) is 10.2 Å². The smallest absolute Gasteiger partial charge is 0.222 e. The molecule has 0 bridgehead atoms. The van der Waals surface area contributed by atoms with Gasteiger partial charge in [0.25, 0.3) is 0 Å². The summed E-state index contributed by atoms with van der Waals surface area (Å²) in [6.45, 7) is 12.6. The van der Waals surface area contributed by atoms with Crippen LogP contribution in [-0.4, -0.2) is 36.0 Å². The van der Waals surface area contributed by atoms with Crippen LogP contribution in [0.5, 0.6) is 0 Å². The molecule has 0 aliphatic rings. The summed E-state index contributed by atoms with van der Waals surface area (Å²) in [5.41, 5.74) is 0. The van der Waals surface area contributed by atoms with Gasteiger partial charge in [-0.15, -0.1) is 0 Å². The van der Waals surface area contributed by atoms with Crippen LogP contribution in [0, 0.1) is 5.92 Å². The van der Waals surface area contributed by atoms with Gasteiger partial charge in [0, 0.05) is 24.0 Å². The Hall–Kier alpha value is -0.570. The molecule has 0 fully saturated rings. The van der Waals surface area contributed by atoms with Gasteiger partial charge in [0.05, 0.1) is 0 Å². The molecular weight excluding hydrogens is 212 g/mol. The van der Waals surface area contributed by atoms with Crippen LogP contribution in [0.4, 0.5) is 0 Å². The fourth-order valence-electron chi connectivity index (χ4n) is 1.69. The fraction of sp³-hybridized carbons (Fsp3) is 0.929. The fourth-order valence-corrected chi connectivity index (χ4v) is 1.69. The van der Waals surface area contributed by atoms with E-state index in [1.54, 1.807) is 0 Å². The summed E-state index contributed by atoms with van der Waals surface area (Å²) in [7, 11) is 2.16. The van der Waals surface area contributed by atoms with Crippen LogP contribution in [0.3, 0.4) is 0 Å². The Labute approximate surface area is 107 Å². The number of rotatable bonds is 7. The van der Waals surface area contributed by atoms with Gasteiger partial charge in [-0.1, -0.05) is 13.8 Å². The van der Waals surface area contributed by atoms with E-state index < -0.39 is 0 Å². The minimum absolute atomic E-state index is 0.0770. The second kappa shape index (κ2) is 7.70. The van der Waals surface area contributed by atoms with E-state index in [2.05, 4.69) is 45.0 Å². The Morgan fingerprint density at radius 1 is 1.06 bits per heavy atom. The molecule has 0 radical (unpaired) electrons. The van der Waals surface area contributed by atoms with Crippen LogP contribution < -0.4 is 5.32 Å². The van der Waals surface area contributed by atoms with Gasteiger partial charge in [-0.05, 0) is 47.6 Å². The molecule has 0 aromatic carbocycles. The van der Waals surface area contributed by atoms with Crippen molar-refractivity contribution in [2.24, 2.45) is 5.92 Å². The molecule has 0 aromatic rings. The highest BCUT2D eigenvalue weighted by Crippen LogP contribution is 2.10. The monoisotopic (exact) mass is 242 g/mol. The van der Waals surface area contributed by atoms with Gasteiger partial charge in [-0.2, -0.15) is 0 Å². The average Bonchev–Trinajstić information content (AvgIpc) is 2.24. The van der Waals surface area contributed by atoms with E-state index in [-0.39, 0.29) is 17.9 Å². The predicted molar refractivity (Wildman–Crippen MR) is 74.0 cm³/mol. The topological polar surface area (TPSA) is 32.3 Å². The van der Waals surface area contributed by atoms with Crippen molar-refractivity contribution in [2.45, 2.75) is 72.5 Å². The summed E-state index contributed by atoms with van der Waals surface area (Å²) in [6.07, 6.45) is 2.16. The third-order valence-corrected chi connectivity index (χ3v) is 3.44. The molecule has 1 amide bonds. The van der Waals surface area contributed by atoms with Gasteiger partial charge < -0.3 is 10.2 Å². The first-order valence-corrected chi connectivity index (χ1v) is 6.78. The molecule has 0 aromatic heterocycles. The zero-order valence-electron chi connectivity index (χ0n) is 12.6. The molecule has 2 unspecified atom stereocenters. The summed E-state index contributed by atoms with van der Waals surface area (Å²) < 4.78 is 0. The Morgan fingerprint density at radius 3 is 2.00 bits per heavy atom. The lowest BCUT2D eigenvalue weighted by Gasteiger charge is -2.29. The lowest BCUT2D eigenvalue weighted by Crippen LogP contribution is -2.38. The van der Waals surface area contributed by atoms with Crippen molar-refractivity contribution in [3.05, 3.63) is 0 Å².